The monoisotopic (exact) mass is 339 g/mol. The first-order chi connectivity index (χ1) is 12.1. The summed E-state index contributed by atoms with van der Waals surface area (Å²) in [5.41, 5.74) is 2.59. The van der Waals surface area contributed by atoms with Crippen molar-refractivity contribution in [2.45, 2.75) is 38.4 Å². The van der Waals surface area contributed by atoms with Crippen molar-refractivity contribution >= 4 is 6.09 Å². The normalized spacial score (nSPS) is 16.5. The van der Waals surface area contributed by atoms with Crippen molar-refractivity contribution < 1.29 is 14.6 Å². The summed E-state index contributed by atoms with van der Waals surface area (Å²) in [7, 11) is 0. The van der Waals surface area contributed by atoms with Gasteiger partial charge in [0.25, 0.3) is 0 Å². The van der Waals surface area contributed by atoms with Gasteiger partial charge < -0.3 is 14.7 Å². The Morgan fingerprint density at radius 2 is 1.72 bits per heavy atom. The molecule has 1 amide bonds. The van der Waals surface area contributed by atoms with E-state index in [9.17, 15) is 9.90 Å². The minimum Gasteiger partial charge on any atom is -0.445 e. The summed E-state index contributed by atoms with van der Waals surface area (Å²) in [6.07, 6.45) is 1.47. The lowest BCUT2D eigenvalue weighted by Gasteiger charge is -2.38. The third kappa shape index (κ3) is 4.60. The van der Waals surface area contributed by atoms with Crippen molar-refractivity contribution in [1.29, 1.82) is 0 Å². The Kier molecular flexibility index (Phi) is 5.39. The molecular formula is C21H25NO3. The first-order valence-electron chi connectivity index (χ1n) is 8.78. The Morgan fingerprint density at radius 3 is 2.40 bits per heavy atom. The summed E-state index contributed by atoms with van der Waals surface area (Å²) in [4.78, 5) is 13.9. The molecule has 0 bridgehead atoms. The maximum Gasteiger partial charge on any atom is 0.410 e. The van der Waals surface area contributed by atoms with E-state index in [1.54, 1.807) is 4.90 Å². The van der Waals surface area contributed by atoms with Gasteiger partial charge in [-0.15, -0.1) is 0 Å². The molecule has 1 heterocycles. The summed E-state index contributed by atoms with van der Waals surface area (Å²) in [5.74, 6) is 0. The van der Waals surface area contributed by atoms with Crippen LogP contribution in [0.25, 0.3) is 0 Å². The molecule has 2 aromatic carbocycles. The lowest BCUT2D eigenvalue weighted by molar-refractivity contribution is -0.0207. The third-order valence-corrected chi connectivity index (χ3v) is 4.94. The van der Waals surface area contributed by atoms with Crippen LogP contribution in [0.4, 0.5) is 4.79 Å². The number of aliphatic hydroxyl groups is 1. The van der Waals surface area contributed by atoms with E-state index in [2.05, 4.69) is 19.1 Å². The topological polar surface area (TPSA) is 49.8 Å². The van der Waals surface area contributed by atoms with Crippen molar-refractivity contribution in [2.75, 3.05) is 13.1 Å². The SMILES string of the molecule is Cc1ccccc1CC1(O)CCN(C(=O)OCc2ccccc2)CC1. The fourth-order valence-corrected chi connectivity index (χ4v) is 3.26. The Balaban J connectivity index is 1.50. The molecular weight excluding hydrogens is 314 g/mol. The molecule has 3 rings (SSSR count). The standard InChI is InChI=1S/C21H25NO3/c1-17-7-5-6-10-19(17)15-21(24)11-13-22(14-12-21)20(23)25-16-18-8-3-2-4-9-18/h2-10,24H,11-16H2,1H3. The lowest BCUT2D eigenvalue weighted by Crippen LogP contribution is -2.47. The summed E-state index contributed by atoms with van der Waals surface area (Å²) in [6.45, 7) is 3.39. The van der Waals surface area contributed by atoms with Crippen molar-refractivity contribution in [3.63, 3.8) is 0 Å². The van der Waals surface area contributed by atoms with Gasteiger partial charge in [-0.2, -0.15) is 0 Å². The number of hydrogen-bond acceptors (Lipinski definition) is 3. The third-order valence-electron chi connectivity index (χ3n) is 4.94. The number of hydrogen-bond donors (Lipinski definition) is 1. The average molecular weight is 339 g/mol. The molecule has 25 heavy (non-hydrogen) atoms. The molecule has 0 aromatic heterocycles. The zero-order valence-electron chi connectivity index (χ0n) is 14.6. The van der Waals surface area contributed by atoms with Crippen molar-refractivity contribution in [2.24, 2.45) is 0 Å². The van der Waals surface area contributed by atoms with E-state index in [-0.39, 0.29) is 12.7 Å². The highest BCUT2D eigenvalue weighted by Crippen LogP contribution is 2.28. The van der Waals surface area contributed by atoms with E-state index >= 15 is 0 Å². The predicted octanol–water partition coefficient (Wildman–Crippen LogP) is 3.70. The molecule has 0 atom stereocenters. The molecule has 0 spiro atoms. The first kappa shape index (κ1) is 17.5. The number of carbonyl (C=O) groups is 1. The van der Waals surface area contributed by atoms with Crippen molar-refractivity contribution in [3.05, 3.63) is 71.3 Å². The van der Waals surface area contributed by atoms with Crippen LogP contribution >= 0.6 is 0 Å². The van der Waals surface area contributed by atoms with Gasteiger partial charge in [0.05, 0.1) is 5.60 Å². The highest BCUT2D eigenvalue weighted by Gasteiger charge is 2.34. The molecule has 1 aliphatic heterocycles. The molecule has 1 saturated heterocycles. The van der Waals surface area contributed by atoms with Gasteiger partial charge in [0.15, 0.2) is 0 Å². The number of ether oxygens (including phenoxy) is 1. The molecule has 0 unspecified atom stereocenters. The molecule has 4 nitrogen and oxygen atoms in total. The Bertz CT molecular complexity index is 706. The van der Waals surface area contributed by atoms with Crippen LogP contribution in [0, 0.1) is 6.92 Å². The van der Waals surface area contributed by atoms with Crippen LogP contribution in [-0.4, -0.2) is 34.8 Å². The van der Waals surface area contributed by atoms with E-state index in [4.69, 9.17) is 4.74 Å². The van der Waals surface area contributed by atoms with Gasteiger partial charge in [0.1, 0.15) is 6.61 Å². The average Bonchev–Trinajstić information content (AvgIpc) is 2.63. The number of aryl methyl sites for hydroxylation is 1. The van der Waals surface area contributed by atoms with Gasteiger partial charge in [0, 0.05) is 19.5 Å². The second kappa shape index (κ2) is 7.70. The number of amides is 1. The van der Waals surface area contributed by atoms with Crippen molar-refractivity contribution in [1.82, 2.24) is 4.90 Å². The minimum absolute atomic E-state index is 0.281. The Hall–Kier alpha value is -2.33. The zero-order chi connectivity index (χ0) is 17.7. The quantitative estimate of drug-likeness (QED) is 0.924. The van der Waals surface area contributed by atoms with Gasteiger partial charge in [-0.1, -0.05) is 54.6 Å². The molecule has 1 aliphatic rings. The van der Waals surface area contributed by atoms with Gasteiger partial charge in [-0.25, -0.2) is 4.79 Å². The molecule has 1 N–H and O–H groups in total. The Morgan fingerprint density at radius 1 is 1.08 bits per heavy atom. The van der Waals surface area contributed by atoms with Crippen molar-refractivity contribution in [3.8, 4) is 0 Å². The van der Waals surface area contributed by atoms with E-state index in [1.165, 1.54) is 11.1 Å². The molecule has 0 aliphatic carbocycles. The van der Waals surface area contributed by atoms with Crippen LogP contribution in [0.1, 0.15) is 29.5 Å². The second-order valence-corrected chi connectivity index (χ2v) is 6.85. The molecule has 132 valence electrons. The molecule has 0 radical (unpaired) electrons. The van der Waals surface area contributed by atoms with Crippen LogP contribution in [0.2, 0.25) is 0 Å². The lowest BCUT2D eigenvalue weighted by atomic mass is 9.84. The Labute approximate surface area is 149 Å². The van der Waals surface area contributed by atoms with Gasteiger partial charge in [0.2, 0.25) is 0 Å². The fraction of sp³-hybridized carbons (Fsp3) is 0.381. The van der Waals surface area contributed by atoms with Crippen LogP contribution in [0.5, 0.6) is 0 Å². The number of benzene rings is 2. The maximum absolute atomic E-state index is 12.2. The largest absolute Gasteiger partial charge is 0.445 e. The van der Waals surface area contributed by atoms with Crippen LogP contribution in [-0.2, 0) is 17.8 Å². The summed E-state index contributed by atoms with van der Waals surface area (Å²) < 4.78 is 5.38. The second-order valence-electron chi connectivity index (χ2n) is 6.85. The molecule has 4 heteroatoms. The minimum atomic E-state index is -0.748. The first-order valence-corrected chi connectivity index (χ1v) is 8.78. The molecule has 0 saturated carbocycles. The summed E-state index contributed by atoms with van der Waals surface area (Å²) >= 11 is 0. The van der Waals surface area contributed by atoms with E-state index in [0.717, 1.165) is 5.56 Å². The number of nitrogens with zero attached hydrogens (tertiary/aromatic N) is 1. The number of rotatable bonds is 4. The highest BCUT2D eigenvalue weighted by atomic mass is 16.6. The van der Waals surface area contributed by atoms with E-state index < -0.39 is 5.60 Å². The van der Waals surface area contributed by atoms with Gasteiger partial charge >= 0.3 is 6.09 Å². The van der Waals surface area contributed by atoms with E-state index in [0.29, 0.717) is 32.4 Å². The molecule has 2 aromatic rings. The fourth-order valence-electron chi connectivity index (χ4n) is 3.26. The van der Waals surface area contributed by atoms with Crippen LogP contribution < -0.4 is 0 Å². The van der Waals surface area contributed by atoms with Crippen LogP contribution in [0.3, 0.4) is 0 Å². The predicted molar refractivity (Wildman–Crippen MR) is 97.3 cm³/mol. The van der Waals surface area contributed by atoms with E-state index in [1.807, 2.05) is 42.5 Å². The number of carbonyl (C=O) groups excluding carboxylic acids is 1. The van der Waals surface area contributed by atoms with Crippen LogP contribution in [0.15, 0.2) is 54.6 Å². The maximum atomic E-state index is 12.2. The molecule has 1 fully saturated rings. The number of likely N-dealkylation sites (tertiary alicyclic amines) is 1. The van der Waals surface area contributed by atoms with Gasteiger partial charge in [-0.3, -0.25) is 0 Å². The van der Waals surface area contributed by atoms with Gasteiger partial charge in [-0.05, 0) is 36.5 Å². The summed E-state index contributed by atoms with van der Waals surface area (Å²) in [6, 6.07) is 17.8. The highest BCUT2D eigenvalue weighted by molar-refractivity contribution is 5.67. The summed E-state index contributed by atoms with van der Waals surface area (Å²) in [5, 5.41) is 10.9. The number of piperidine rings is 1. The zero-order valence-corrected chi connectivity index (χ0v) is 14.6. The smallest absolute Gasteiger partial charge is 0.410 e.